The highest BCUT2D eigenvalue weighted by Gasteiger charge is 2.22. The minimum absolute atomic E-state index is 0.117. The van der Waals surface area contributed by atoms with Crippen molar-refractivity contribution >= 4 is 11.9 Å². The molecule has 0 fully saturated rings. The fourth-order valence-electron chi connectivity index (χ4n) is 1.73. The van der Waals surface area contributed by atoms with E-state index >= 15 is 0 Å². The summed E-state index contributed by atoms with van der Waals surface area (Å²) in [5, 5.41) is 7.12. The number of esters is 1. The number of rotatable bonds is 4. The third-order valence-electron chi connectivity index (χ3n) is 2.96. The van der Waals surface area contributed by atoms with Crippen LogP contribution in [0.5, 0.6) is 0 Å². The number of nitrogens with one attached hydrogen (secondary N) is 1. The third-order valence-corrected chi connectivity index (χ3v) is 2.96. The van der Waals surface area contributed by atoms with Gasteiger partial charge in [-0.25, -0.2) is 0 Å². The smallest absolute Gasteiger partial charge is 0.307 e. The summed E-state index contributed by atoms with van der Waals surface area (Å²) in [6.07, 6.45) is 0.145. The Morgan fingerprint density at radius 1 is 1.45 bits per heavy atom. The number of hydrogen-bond acceptors (Lipinski definition) is 4. The van der Waals surface area contributed by atoms with Gasteiger partial charge in [-0.2, -0.15) is 5.10 Å². The molecule has 1 aromatic rings. The summed E-state index contributed by atoms with van der Waals surface area (Å²) >= 11 is 0. The van der Waals surface area contributed by atoms with Gasteiger partial charge in [-0.3, -0.25) is 14.3 Å². The van der Waals surface area contributed by atoms with Crippen LogP contribution in [0.25, 0.3) is 0 Å². The molecule has 112 valence electrons. The summed E-state index contributed by atoms with van der Waals surface area (Å²) < 4.78 is 6.13. The van der Waals surface area contributed by atoms with Crippen molar-refractivity contribution in [3.8, 4) is 0 Å². The predicted octanol–water partition coefficient (Wildman–Crippen LogP) is 1.40. The maximum atomic E-state index is 12.2. The number of amides is 1. The highest BCUT2D eigenvalue weighted by molar-refractivity contribution is 5.93. The molecule has 0 aromatic carbocycles. The molecule has 1 amide bonds. The average molecular weight is 281 g/mol. The van der Waals surface area contributed by atoms with Gasteiger partial charge in [-0.15, -0.1) is 0 Å². The van der Waals surface area contributed by atoms with E-state index in [0.717, 1.165) is 5.69 Å². The van der Waals surface area contributed by atoms with Crippen LogP contribution in [-0.4, -0.2) is 34.8 Å². The van der Waals surface area contributed by atoms with Gasteiger partial charge in [0.05, 0.1) is 19.2 Å². The van der Waals surface area contributed by atoms with Crippen LogP contribution in [0.15, 0.2) is 6.07 Å². The van der Waals surface area contributed by atoms with Crippen LogP contribution >= 0.6 is 0 Å². The Bertz CT molecular complexity index is 500. The molecule has 0 spiro atoms. The molecule has 1 aromatic heterocycles. The molecule has 6 nitrogen and oxygen atoms in total. The standard InChI is InChI=1S/C14H23N3O3/c1-9(7-12(18)20-6)15-13(19)10-8-11(14(2,3)4)16-17(10)5/h8-9H,7H2,1-6H3,(H,15,19)/t9-/m1/s1. The largest absolute Gasteiger partial charge is 0.469 e. The van der Waals surface area contributed by atoms with E-state index in [2.05, 4.69) is 15.2 Å². The highest BCUT2D eigenvalue weighted by atomic mass is 16.5. The van der Waals surface area contributed by atoms with Crippen molar-refractivity contribution in [3.05, 3.63) is 17.5 Å². The van der Waals surface area contributed by atoms with Crippen LogP contribution in [0.4, 0.5) is 0 Å². The number of methoxy groups -OCH3 is 1. The molecule has 0 saturated carbocycles. The topological polar surface area (TPSA) is 73.2 Å². The van der Waals surface area contributed by atoms with Crippen LogP contribution in [0.1, 0.15) is 50.3 Å². The van der Waals surface area contributed by atoms with Crippen LogP contribution in [-0.2, 0) is 22.0 Å². The Morgan fingerprint density at radius 3 is 2.50 bits per heavy atom. The molecule has 1 heterocycles. The maximum Gasteiger partial charge on any atom is 0.307 e. The zero-order chi connectivity index (χ0) is 15.5. The average Bonchev–Trinajstić information content (AvgIpc) is 2.70. The van der Waals surface area contributed by atoms with Crippen molar-refractivity contribution in [1.29, 1.82) is 0 Å². The van der Waals surface area contributed by atoms with E-state index in [1.807, 2.05) is 20.8 Å². The third kappa shape index (κ3) is 4.08. The first-order valence-electron chi connectivity index (χ1n) is 6.57. The molecule has 1 N–H and O–H groups in total. The number of carbonyl (C=O) groups excluding carboxylic acids is 2. The molecule has 1 atom stereocenters. The van der Waals surface area contributed by atoms with E-state index in [1.165, 1.54) is 7.11 Å². The number of nitrogens with zero attached hydrogens (tertiary/aromatic N) is 2. The van der Waals surface area contributed by atoms with Crippen molar-refractivity contribution < 1.29 is 14.3 Å². The lowest BCUT2D eigenvalue weighted by Crippen LogP contribution is -2.35. The van der Waals surface area contributed by atoms with Crippen LogP contribution in [0, 0.1) is 0 Å². The normalized spacial score (nSPS) is 12.9. The molecule has 0 aliphatic heterocycles. The second-order valence-electron chi connectivity index (χ2n) is 5.94. The van der Waals surface area contributed by atoms with E-state index in [-0.39, 0.29) is 29.8 Å². The van der Waals surface area contributed by atoms with Gasteiger partial charge in [-0.1, -0.05) is 20.8 Å². The van der Waals surface area contributed by atoms with Crippen molar-refractivity contribution in [2.75, 3.05) is 7.11 Å². The van der Waals surface area contributed by atoms with Crippen molar-refractivity contribution in [1.82, 2.24) is 15.1 Å². The van der Waals surface area contributed by atoms with E-state index in [1.54, 1.807) is 24.7 Å². The highest BCUT2D eigenvalue weighted by Crippen LogP contribution is 2.21. The van der Waals surface area contributed by atoms with Gasteiger partial charge in [-0.05, 0) is 13.0 Å². The van der Waals surface area contributed by atoms with Gasteiger partial charge in [0, 0.05) is 18.5 Å². The SMILES string of the molecule is COC(=O)C[C@@H](C)NC(=O)c1cc(C(C)(C)C)nn1C. The van der Waals surface area contributed by atoms with Gasteiger partial charge in [0.1, 0.15) is 5.69 Å². The van der Waals surface area contributed by atoms with Crippen molar-refractivity contribution in [2.24, 2.45) is 7.05 Å². The van der Waals surface area contributed by atoms with Crippen molar-refractivity contribution in [3.63, 3.8) is 0 Å². The van der Waals surface area contributed by atoms with Gasteiger partial charge in [0.2, 0.25) is 0 Å². The Balaban J connectivity index is 2.78. The summed E-state index contributed by atoms with van der Waals surface area (Å²) in [5.41, 5.74) is 1.21. The number of ether oxygens (including phenoxy) is 1. The molecule has 0 aliphatic carbocycles. The molecular weight excluding hydrogens is 258 g/mol. The fraction of sp³-hybridized carbons (Fsp3) is 0.643. The van der Waals surface area contributed by atoms with E-state index in [4.69, 9.17) is 0 Å². The first kappa shape index (κ1) is 16.2. The van der Waals surface area contributed by atoms with E-state index in [9.17, 15) is 9.59 Å². The quantitative estimate of drug-likeness (QED) is 0.847. The summed E-state index contributed by atoms with van der Waals surface area (Å²) in [4.78, 5) is 23.3. The minimum Gasteiger partial charge on any atom is -0.469 e. The van der Waals surface area contributed by atoms with Crippen LogP contribution < -0.4 is 5.32 Å². The number of carbonyl (C=O) groups is 2. The van der Waals surface area contributed by atoms with Crippen LogP contribution in [0.3, 0.4) is 0 Å². The second-order valence-corrected chi connectivity index (χ2v) is 5.94. The molecule has 0 bridgehead atoms. The molecule has 6 heteroatoms. The molecule has 0 aliphatic rings. The Kier molecular flexibility index (Phi) is 4.92. The van der Waals surface area contributed by atoms with Gasteiger partial charge >= 0.3 is 5.97 Å². The summed E-state index contributed by atoms with van der Waals surface area (Å²) in [6, 6.07) is 1.49. The fourth-order valence-corrected chi connectivity index (χ4v) is 1.73. The summed E-state index contributed by atoms with van der Waals surface area (Å²) in [6.45, 7) is 7.88. The molecule has 1 rings (SSSR count). The van der Waals surface area contributed by atoms with Gasteiger partial charge < -0.3 is 10.1 Å². The summed E-state index contributed by atoms with van der Waals surface area (Å²) in [5.74, 6) is -0.593. The zero-order valence-corrected chi connectivity index (χ0v) is 13.0. The zero-order valence-electron chi connectivity index (χ0n) is 13.0. The predicted molar refractivity (Wildman–Crippen MR) is 75.5 cm³/mol. The monoisotopic (exact) mass is 281 g/mol. The second kappa shape index (κ2) is 6.07. The van der Waals surface area contributed by atoms with E-state index in [0.29, 0.717) is 5.69 Å². The maximum absolute atomic E-state index is 12.2. The lowest BCUT2D eigenvalue weighted by atomic mass is 9.92. The lowest BCUT2D eigenvalue weighted by molar-refractivity contribution is -0.141. The van der Waals surface area contributed by atoms with Crippen LogP contribution in [0.2, 0.25) is 0 Å². The lowest BCUT2D eigenvalue weighted by Gasteiger charge is -2.13. The Labute approximate surface area is 119 Å². The molecule has 0 unspecified atom stereocenters. The van der Waals surface area contributed by atoms with Gasteiger partial charge in [0.25, 0.3) is 5.91 Å². The van der Waals surface area contributed by atoms with Gasteiger partial charge in [0.15, 0.2) is 0 Å². The molecule has 0 saturated heterocycles. The Hall–Kier alpha value is -1.85. The minimum atomic E-state index is -0.349. The van der Waals surface area contributed by atoms with Crippen molar-refractivity contribution in [2.45, 2.75) is 45.6 Å². The molecule has 0 radical (unpaired) electrons. The van der Waals surface area contributed by atoms with E-state index < -0.39 is 0 Å². The summed E-state index contributed by atoms with van der Waals surface area (Å²) in [7, 11) is 3.06. The Morgan fingerprint density at radius 2 is 2.05 bits per heavy atom. The first-order chi connectivity index (χ1) is 9.15. The number of aryl methyl sites for hydroxylation is 1. The molecular formula is C14H23N3O3. The molecule has 20 heavy (non-hydrogen) atoms. The number of hydrogen-bond donors (Lipinski definition) is 1. The number of aromatic nitrogens is 2. The first-order valence-corrected chi connectivity index (χ1v) is 6.57.